The number of aliphatic carboxylic acids is 1. The lowest BCUT2D eigenvalue weighted by Gasteiger charge is -2.32. The number of benzene rings is 1. The predicted octanol–water partition coefficient (Wildman–Crippen LogP) is 4.00. The lowest BCUT2D eigenvalue weighted by molar-refractivity contribution is -0.192. The molecule has 1 aliphatic rings. The number of alkyl halides is 3. The Hall–Kier alpha value is -2.37. The molecule has 2 heterocycles. The molecule has 2 aromatic rings. The third-order valence-electron chi connectivity index (χ3n) is 3.98. The summed E-state index contributed by atoms with van der Waals surface area (Å²) in [5.74, 6) is -1.85. The molecule has 0 atom stereocenters. The number of nitrogens with zero attached hydrogens (tertiary/aromatic N) is 2. The second-order valence-electron chi connectivity index (χ2n) is 6.11. The molecule has 29 heavy (non-hydrogen) atoms. The monoisotopic (exact) mass is 522 g/mol. The van der Waals surface area contributed by atoms with Crippen molar-refractivity contribution in [2.45, 2.75) is 25.1 Å². The molecule has 0 aliphatic carbocycles. The van der Waals surface area contributed by atoms with Crippen molar-refractivity contribution in [2.75, 3.05) is 13.1 Å². The molecule has 0 unspecified atom stereocenters. The van der Waals surface area contributed by atoms with E-state index in [9.17, 15) is 18.0 Å². The number of likely N-dealkylation sites (tertiary alicyclic amines) is 1. The number of carbonyl (C=O) groups is 2. The molecule has 3 rings (SSSR count). The first-order valence-electron chi connectivity index (χ1n) is 8.58. The smallest absolute Gasteiger partial charge is 0.489 e. The van der Waals surface area contributed by atoms with E-state index in [-0.39, 0.29) is 12.0 Å². The molecular weight excluding hydrogens is 504 g/mol. The summed E-state index contributed by atoms with van der Waals surface area (Å²) in [6, 6.07) is 11.5. The van der Waals surface area contributed by atoms with E-state index in [0.717, 1.165) is 40.8 Å². The lowest BCUT2D eigenvalue weighted by Crippen LogP contribution is -2.41. The normalized spacial score (nSPS) is 14.6. The number of halogens is 4. The quantitative estimate of drug-likeness (QED) is 0.617. The average molecular weight is 522 g/mol. The van der Waals surface area contributed by atoms with Crippen molar-refractivity contribution in [2.24, 2.45) is 0 Å². The van der Waals surface area contributed by atoms with Crippen LogP contribution in [0.15, 0.2) is 48.8 Å². The Kier molecular flexibility index (Phi) is 8.23. The SMILES string of the molecule is O=C(O)C(F)(F)F.O=C(c1cccc(I)c1)N1CCC(Oc2cccnc2)CC1. The summed E-state index contributed by atoms with van der Waals surface area (Å²) >= 11 is 2.23. The van der Waals surface area contributed by atoms with Crippen molar-refractivity contribution in [1.82, 2.24) is 9.88 Å². The molecule has 0 spiro atoms. The molecule has 156 valence electrons. The van der Waals surface area contributed by atoms with Gasteiger partial charge >= 0.3 is 12.1 Å². The van der Waals surface area contributed by atoms with Crippen LogP contribution in [0.2, 0.25) is 0 Å². The highest BCUT2D eigenvalue weighted by Crippen LogP contribution is 2.20. The zero-order valence-electron chi connectivity index (χ0n) is 15.1. The predicted molar refractivity (Wildman–Crippen MR) is 107 cm³/mol. The number of piperidine rings is 1. The third-order valence-corrected chi connectivity index (χ3v) is 4.65. The van der Waals surface area contributed by atoms with Crippen molar-refractivity contribution in [3.63, 3.8) is 0 Å². The van der Waals surface area contributed by atoms with E-state index in [4.69, 9.17) is 14.6 Å². The van der Waals surface area contributed by atoms with Crippen LogP contribution in [0, 0.1) is 3.57 Å². The largest absolute Gasteiger partial charge is 0.490 e. The van der Waals surface area contributed by atoms with E-state index in [2.05, 4.69) is 27.6 Å². The second-order valence-corrected chi connectivity index (χ2v) is 7.36. The van der Waals surface area contributed by atoms with E-state index in [0.29, 0.717) is 0 Å². The van der Waals surface area contributed by atoms with Crippen LogP contribution in [-0.2, 0) is 4.79 Å². The maximum absolute atomic E-state index is 12.5. The average Bonchev–Trinajstić information content (AvgIpc) is 2.68. The van der Waals surface area contributed by atoms with E-state index < -0.39 is 12.1 Å². The minimum absolute atomic E-state index is 0.110. The molecule has 1 aromatic carbocycles. The van der Waals surface area contributed by atoms with E-state index in [1.54, 1.807) is 12.4 Å². The maximum atomic E-state index is 12.5. The number of aromatic nitrogens is 1. The van der Waals surface area contributed by atoms with Gasteiger partial charge in [-0.15, -0.1) is 0 Å². The molecule has 6 nitrogen and oxygen atoms in total. The molecule has 1 amide bonds. The Balaban J connectivity index is 0.000000370. The number of amides is 1. The highest BCUT2D eigenvalue weighted by Gasteiger charge is 2.38. The maximum Gasteiger partial charge on any atom is 0.490 e. The zero-order chi connectivity index (χ0) is 21.4. The summed E-state index contributed by atoms with van der Waals surface area (Å²) in [6.45, 7) is 1.46. The van der Waals surface area contributed by atoms with Crippen LogP contribution in [-0.4, -0.2) is 52.2 Å². The molecule has 1 aromatic heterocycles. The fraction of sp³-hybridized carbons (Fsp3) is 0.316. The zero-order valence-corrected chi connectivity index (χ0v) is 17.3. The van der Waals surface area contributed by atoms with Gasteiger partial charge < -0.3 is 14.7 Å². The molecule has 0 saturated carbocycles. The highest BCUT2D eigenvalue weighted by molar-refractivity contribution is 14.1. The molecule has 0 bridgehead atoms. The van der Waals surface area contributed by atoms with Crippen LogP contribution in [0.3, 0.4) is 0 Å². The molecule has 1 N–H and O–H groups in total. The number of hydrogen-bond donors (Lipinski definition) is 1. The van der Waals surface area contributed by atoms with Crippen LogP contribution in [0.5, 0.6) is 5.75 Å². The third kappa shape index (κ3) is 7.52. The molecule has 1 saturated heterocycles. The van der Waals surface area contributed by atoms with Gasteiger partial charge in [0, 0.05) is 41.3 Å². The summed E-state index contributed by atoms with van der Waals surface area (Å²) in [5.41, 5.74) is 0.763. The number of rotatable bonds is 3. The van der Waals surface area contributed by atoms with Gasteiger partial charge in [0.2, 0.25) is 0 Å². The van der Waals surface area contributed by atoms with Crippen LogP contribution in [0.25, 0.3) is 0 Å². The van der Waals surface area contributed by atoms with Crippen molar-refractivity contribution >= 4 is 34.5 Å². The van der Waals surface area contributed by atoms with Crippen molar-refractivity contribution in [1.29, 1.82) is 0 Å². The Morgan fingerprint density at radius 3 is 2.34 bits per heavy atom. The first-order chi connectivity index (χ1) is 13.7. The number of ether oxygens (including phenoxy) is 1. The van der Waals surface area contributed by atoms with Gasteiger partial charge in [-0.25, -0.2) is 4.79 Å². The van der Waals surface area contributed by atoms with Crippen molar-refractivity contribution < 1.29 is 32.6 Å². The summed E-state index contributed by atoms with van der Waals surface area (Å²) in [7, 11) is 0. The van der Waals surface area contributed by atoms with Gasteiger partial charge in [0.1, 0.15) is 11.9 Å². The number of carboxylic acids is 1. The Morgan fingerprint density at radius 2 is 1.83 bits per heavy atom. The van der Waals surface area contributed by atoms with Gasteiger partial charge in [0.25, 0.3) is 5.91 Å². The summed E-state index contributed by atoms with van der Waals surface area (Å²) in [5, 5.41) is 7.12. The molecular formula is C19H18F3IN2O4. The number of pyridine rings is 1. The molecule has 1 aliphatic heterocycles. The van der Waals surface area contributed by atoms with Gasteiger partial charge in [-0.1, -0.05) is 6.07 Å². The summed E-state index contributed by atoms with van der Waals surface area (Å²) in [6.07, 6.45) is 0.234. The van der Waals surface area contributed by atoms with E-state index in [1.807, 2.05) is 41.3 Å². The first kappa shape index (κ1) is 22.9. The van der Waals surface area contributed by atoms with Gasteiger partial charge in [-0.2, -0.15) is 13.2 Å². The van der Waals surface area contributed by atoms with E-state index >= 15 is 0 Å². The highest BCUT2D eigenvalue weighted by atomic mass is 127. The molecule has 10 heteroatoms. The summed E-state index contributed by atoms with van der Waals surface area (Å²) < 4.78 is 38.7. The number of carbonyl (C=O) groups excluding carboxylic acids is 1. The Morgan fingerprint density at radius 1 is 1.17 bits per heavy atom. The van der Waals surface area contributed by atoms with Crippen LogP contribution < -0.4 is 4.74 Å². The number of carboxylic acid groups (broad SMARTS) is 1. The van der Waals surface area contributed by atoms with Crippen molar-refractivity contribution in [3.8, 4) is 5.75 Å². The van der Waals surface area contributed by atoms with Gasteiger partial charge in [-0.05, 0) is 52.9 Å². The van der Waals surface area contributed by atoms with Crippen LogP contribution in [0.1, 0.15) is 23.2 Å². The fourth-order valence-corrected chi connectivity index (χ4v) is 3.13. The van der Waals surface area contributed by atoms with Gasteiger partial charge in [0.15, 0.2) is 0 Å². The molecule has 1 fully saturated rings. The first-order valence-corrected chi connectivity index (χ1v) is 9.66. The minimum Gasteiger partial charge on any atom is -0.489 e. The number of hydrogen-bond acceptors (Lipinski definition) is 4. The fourth-order valence-electron chi connectivity index (χ4n) is 2.59. The minimum atomic E-state index is -5.08. The standard InChI is InChI=1S/C17H17IN2O2.C2HF3O2/c18-14-4-1-3-13(11-14)17(21)20-9-6-15(7-10-20)22-16-5-2-8-19-12-16;3-2(4,5)1(6)7/h1-5,8,11-12,15H,6-7,9-10H2;(H,6,7). The Bertz CT molecular complexity index is 826. The topological polar surface area (TPSA) is 79.7 Å². The lowest BCUT2D eigenvalue weighted by atomic mass is 10.1. The van der Waals surface area contributed by atoms with Gasteiger partial charge in [-0.3, -0.25) is 9.78 Å². The van der Waals surface area contributed by atoms with Crippen LogP contribution in [0.4, 0.5) is 13.2 Å². The Labute approximate surface area is 178 Å². The van der Waals surface area contributed by atoms with Gasteiger partial charge in [0.05, 0.1) is 6.20 Å². The van der Waals surface area contributed by atoms with E-state index in [1.165, 1.54) is 0 Å². The molecule has 0 radical (unpaired) electrons. The van der Waals surface area contributed by atoms with Crippen molar-refractivity contribution in [3.05, 3.63) is 57.9 Å². The second kappa shape index (κ2) is 10.4. The van der Waals surface area contributed by atoms with Crippen LogP contribution >= 0.6 is 22.6 Å². The summed E-state index contributed by atoms with van der Waals surface area (Å²) in [4.78, 5) is 27.3.